The van der Waals surface area contributed by atoms with Crippen LogP contribution >= 0.6 is 27.3 Å². The lowest BCUT2D eigenvalue weighted by Crippen LogP contribution is -2.22. The highest BCUT2D eigenvalue weighted by Gasteiger charge is 2.20. The van der Waals surface area contributed by atoms with Crippen LogP contribution in [-0.4, -0.2) is 19.3 Å². The van der Waals surface area contributed by atoms with Crippen LogP contribution in [0.1, 0.15) is 15.4 Å². The molecular weight excluding hydrogens is 529 g/mol. The molecule has 6 nitrogen and oxygen atoms in total. The summed E-state index contributed by atoms with van der Waals surface area (Å²) in [6.07, 6.45) is 0. The second-order valence-electron chi connectivity index (χ2n) is 7.09. The molecule has 0 spiro atoms. The van der Waals surface area contributed by atoms with Crippen LogP contribution in [0.5, 0.6) is 0 Å². The van der Waals surface area contributed by atoms with Gasteiger partial charge in [-0.15, -0.1) is 11.3 Å². The molecule has 0 fully saturated rings. The van der Waals surface area contributed by atoms with Crippen molar-refractivity contribution in [1.82, 2.24) is 10.3 Å². The van der Waals surface area contributed by atoms with Gasteiger partial charge < -0.3 is 5.32 Å². The lowest BCUT2D eigenvalue weighted by molar-refractivity contribution is 0.0950. The van der Waals surface area contributed by atoms with Crippen LogP contribution in [0.4, 0.5) is 4.39 Å². The summed E-state index contributed by atoms with van der Waals surface area (Å²) in [5.74, 6) is -0.740. The van der Waals surface area contributed by atoms with Crippen LogP contribution < -0.4 is 10.5 Å². The lowest BCUT2D eigenvalue weighted by atomic mass is 10.1. The number of thiazole rings is 1. The molecule has 1 aromatic heterocycles. The van der Waals surface area contributed by atoms with Crippen molar-refractivity contribution in [2.75, 3.05) is 0 Å². The Hall–Kier alpha value is -2.92. The van der Waals surface area contributed by atoms with E-state index >= 15 is 0 Å². The smallest absolute Gasteiger partial charge is 0.280 e. The number of hydrogen-bond donors (Lipinski definition) is 2. The molecule has 0 radical (unpaired) electrons. The minimum absolute atomic E-state index is 0.0221. The molecule has 0 bridgehead atoms. The van der Waals surface area contributed by atoms with E-state index in [0.29, 0.717) is 28.2 Å². The van der Waals surface area contributed by atoms with Gasteiger partial charge in [-0.1, -0.05) is 40.2 Å². The molecule has 168 valence electrons. The summed E-state index contributed by atoms with van der Waals surface area (Å²) in [4.78, 5) is 18.0. The number of aromatic nitrogens is 1. The lowest BCUT2D eigenvalue weighted by Gasteiger charge is -2.04. The van der Waals surface area contributed by atoms with Gasteiger partial charge in [0.25, 0.3) is 5.91 Å². The monoisotopic (exact) mass is 545 g/mol. The fourth-order valence-corrected chi connectivity index (χ4v) is 5.09. The van der Waals surface area contributed by atoms with E-state index in [-0.39, 0.29) is 21.6 Å². The van der Waals surface area contributed by atoms with Crippen LogP contribution in [-0.2, 0) is 16.6 Å². The summed E-state index contributed by atoms with van der Waals surface area (Å²) in [6.45, 7) is 0.322. The Bertz CT molecular complexity index is 1420. The third-order valence-electron chi connectivity index (χ3n) is 4.73. The van der Waals surface area contributed by atoms with Gasteiger partial charge in [0, 0.05) is 16.6 Å². The number of halogens is 2. The van der Waals surface area contributed by atoms with Crippen molar-refractivity contribution in [3.63, 3.8) is 0 Å². The van der Waals surface area contributed by atoms with Gasteiger partial charge in [0.15, 0.2) is 5.01 Å². The average Bonchev–Trinajstić information content (AvgIpc) is 3.23. The number of nitrogens with zero attached hydrogens (tertiary/aromatic N) is 1. The quantitative estimate of drug-likeness (QED) is 0.357. The maximum atomic E-state index is 13.5. The maximum absolute atomic E-state index is 13.5. The van der Waals surface area contributed by atoms with Crippen molar-refractivity contribution in [2.24, 2.45) is 5.14 Å². The summed E-state index contributed by atoms with van der Waals surface area (Å²) in [7, 11) is -3.84. The van der Waals surface area contributed by atoms with Crippen LogP contribution in [0, 0.1) is 5.82 Å². The molecule has 4 rings (SSSR count). The molecule has 10 heteroatoms. The zero-order chi connectivity index (χ0) is 23.6. The van der Waals surface area contributed by atoms with Gasteiger partial charge in [-0.25, -0.2) is 22.9 Å². The zero-order valence-corrected chi connectivity index (χ0v) is 20.2. The standard InChI is InChI=1S/C23H17BrFN3O3S2/c24-17-3-1-2-14(12-17)13-27-22(29)23-28-20(15-4-8-18(25)9-5-15)21(32-23)16-6-10-19(11-7-16)33(26,30)31/h1-12H,13H2,(H,27,29)(H2,26,30,31). The van der Waals surface area contributed by atoms with Gasteiger partial charge in [-0.05, 0) is 59.7 Å². The van der Waals surface area contributed by atoms with E-state index in [1.807, 2.05) is 24.3 Å². The highest BCUT2D eigenvalue weighted by atomic mass is 79.9. The van der Waals surface area contributed by atoms with E-state index in [1.54, 1.807) is 24.3 Å². The molecule has 0 saturated carbocycles. The van der Waals surface area contributed by atoms with E-state index in [9.17, 15) is 17.6 Å². The second-order valence-corrected chi connectivity index (χ2v) is 10.6. The van der Waals surface area contributed by atoms with Crippen LogP contribution in [0.3, 0.4) is 0 Å². The van der Waals surface area contributed by atoms with Crippen molar-refractivity contribution in [3.05, 3.63) is 93.7 Å². The van der Waals surface area contributed by atoms with Crippen molar-refractivity contribution < 1.29 is 17.6 Å². The third kappa shape index (κ3) is 5.53. The van der Waals surface area contributed by atoms with Gasteiger partial charge in [-0.3, -0.25) is 4.79 Å². The van der Waals surface area contributed by atoms with Crippen LogP contribution in [0.15, 0.2) is 82.2 Å². The Morgan fingerprint density at radius 3 is 2.33 bits per heavy atom. The SMILES string of the molecule is NS(=O)(=O)c1ccc(-c2sc(C(=O)NCc3cccc(Br)c3)nc2-c2ccc(F)cc2)cc1. The number of carbonyl (C=O) groups is 1. The molecule has 3 aromatic carbocycles. The molecule has 1 amide bonds. The first-order valence-corrected chi connectivity index (χ1v) is 12.8. The first-order chi connectivity index (χ1) is 15.7. The van der Waals surface area contributed by atoms with Crippen molar-refractivity contribution in [3.8, 4) is 21.7 Å². The van der Waals surface area contributed by atoms with Gasteiger partial charge >= 0.3 is 0 Å². The summed E-state index contributed by atoms with van der Waals surface area (Å²) < 4.78 is 37.5. The van der Waals surface area contributed by atoms with E-state index < -0.39 is 10.0 Å². The topological polar surface area (TPSA) is 102 Å². The summed E-state index contributed by atoms with van der Waals surface area (Å²) in [5.41, 5.74) is 2.71. The number of primary sulfonamides is 1. The summed E-state index contributed by atoms with van der Waals surface area (Å²) in [5, 5.41) is 8.27. The van der Waals surface area contributed by atoms with Crippen molar-refractivity contribution >= 4 is 43.2 Å². The van der Waals surface area contributed by atoms with E-state index in [2.05, 4.69) is 26.2 Å². The number of carbonyl (C=O) groups excluding carboxylic acids is 1. The molecule has 4 aromatic rings. The third-order valence-corrected chi connectivity index (χ3v) is 7.25. The predicted octanol–water partition coefficient (Wildman–Crippen LogP) is 4.96. The van der Waals surface area contributed by atoms with Crippen molar-refractivity contribution in [2.45, 2.75) is 11.4 Å². The Morgan fingerprint density at radius 1 is 1.03 bits per heavy atom. The minimum atomic E-state index is -3.84. The number of benzene rings is 3. The predicted molar refractivity (Wildman–Crippen MR) is 130 cm³/mol. The molecule has 33 heavy (non-hydrogen) atoms. The zero-order valence-electron chi connectivity index (χ0n) is 17.0. The number of hydrogen-bond acceptors (Lipinski definition) is 5. The molecule has 0 atom stereocenters. The first kappa shape index (κ1) is 23.2. The maximum Gasteiger partial charge on any atom is 0.280 e. The molecule has 3 N–H and O–H groups in total. The molecule has 0 aliphatic rings. The first-order valence-electron chi connectivity index (χ1n) is 9.63. The fraction of sp³-hybridized carbons (Fsp3) is 0.0435. The van der Waals surface area contributed by atoms with Gasteiger partial charge in [0.2, 0.25) is 10.0 Å². The van der Waals surface area contributed by atoms with Crippen LogP contribution in [0.25, 0.3) is 21.7 Å². The van der Waals surface area contributed by atoms with E-state index in [1.165, 1.54) is 24.3 Å². The van der Waals surface area contributed by atoms with Gasteiger partial charge in [0.05, 0.1) is 15.5 Å². The Morgan fingerprint density at radius 2 is 1.70 bits per heavy atom. The van der Waals surface area contributed by atoms with E-state index in [0.717, 1.165) is 21.4 Å². The molecular formula is C23H17BrFN3O3S2. The number of nitrogens with one attached hydrogen (secondary N) is 1. The number of amides is 1. The molecule has 0 unspecified atom stereocenters. The summed E-state index contributed by atoms with van der Waals surface area (Å²) >= 11 is 4.57. The van der Waals surface area contributed by atoms with Crippen LogP contribution in [0.2, 0.25) is 0 Å². The second kappa shape index (κ2) is 9.52. The normalized spacial score (nSPS) is 11.4. The molecule has 0 aliphatic heterocycles. The number of sulfonamides is 1. The average molecular weight is 546 g/mol. The van der Waals surface area contributed by atoms with E-state index in [4.69, 9.17) is 5.14 Å². The Balaban J connectivity index is 1.69. The van der Waals surface area contributed by atoms with Gasteiger partial charge in [0.1, 0.15) is 5.82 Å². The van der Waals surface area contributed by atoms with Crippen molar-refractivity contribution in [1.29, 1.82) is 0 Å². The largest absolute Gasteiger partial charge is 0.346 e. The number of rotatable bonds is 6. The molecule has 1 heterocycles. The Labute approximate surface area is 202 Å². The number of nitrogens with two attached hydrogens (primary N) is 1. The highest BCUT2D eigenvalue weighted by molar-refractivity contribution is 9.10. The fourth-order valence-electron chi connectivity index (χ4n) is 3.12. The Kier molecular flexibility index (Phi) is 6.71. The summed E-state index contributed by atoms with van der Waals surface area (Å²) in [6, 6.07) is 19.4. The highest BCUT2D eigenvalue weighted by Crippen LogP contribution is 2.37. The molecule has 0 saturated heterocycles. The van der Waals surface area contributed by atoms with Gasteiger partial charge in [-0.2, -0.15) is 0 Å². The minimum Gasteiger partial charge on any atom is -0.346 e. The molecule has 0 aliphatic carbocycles.